The molecule has 3 aromatic rings. The number of sulfonamides is 1. The third kappa shape index (κ3) is 4.86. The van der Waals surface area contributed by atoms with Crippen molar-refractivity contribution >= 4 is 37.4 Å². The van der Waals surface area contributed by atoms with Crippen molar-refractivity contribution in [3.05, 3.63) is 59.2 Å². The fourth-order valence-corrected chi connectivity index (χ4v) is 5.83. The van der Waals surface area contributed by atoms with Crippen molar-refractivity contribution in [2.24, 2.45) is 5.73 Å². The minimum Gasteiger partial charge on any atom is -0.347 e. The number of carbonyl (C=O) groups excluding carboxylic acids is 1. The number of pyridine rings is 1. The maximum Gasteiger partial charge on any atom is 0.261 e. The van der Waals surface area contributed by atoms with Crippen molar-refractivity contribution in [1.82, 2.24) is 15.0 Å². The minimum atomic E-state index is -3.57. The summed E-state index contributed by atoms with van der Waals surface area (Å²) in [6.07, 6.45) is 6.64. The molecular weight excluding hydrogens is 420 g/mol. The van der Waals surface area contributed by atoms with Gasteiger partial charge in [0.1, 0.15) is 0 Å². The van der Waals surface area contributed by atoms with Crippen LogP contribution >= 0.6 is 11.3 Å². The number of carbonyl (C=O) groups is 1. The van der Waals surface area contributed by atoms with E-state index in [4.69, 9.17) is 5.73 Å². The molecule has 1 fully saturated rings. The fourth-order valence-electron chi connectivity index (χ4n) is 3.58. The van der Waals surface area contributed by atoms with E-state index >= 15 is 0 Å². The summed E-state index contributed by atoms with van der Waals surface area (Å²) in [6, 6.07) is 10.4. The Labute approximate surface area is 179 Å². The van der Waals surface area contributed by atoms with Gasteiger partial charge in [-0.1, -0.05) is 12.1 Å². The maximum absolute atomic E-state index is 12.6. The lowest BCUT2D eigenvalue weighted by atomic mass is 9.93. The lowest BCUT2D eigenvalue weighted by Gasteiger charge is -2.26. The summed E-state index contributed by atoms with van der Waals surface area (Å²) < 4.78 is 29.0. The third-order valence-corrected chi connectivity index (χ3v) is 7.95. The van der Waals surface area contributed by atoms with Gasteiger partial charge in [-0.05, 0) is 60.9 Å². The highest BCUT2D eigenvalue weighted by Crippen LogP contribution is 2.24. The van der Waals surface area contributed by atoms with Crippen molar-refractivity contribution in [1.29, 1.82) is 0 Å². The van der Waals surface area contributed by atoms with Crippen LogP contribution in [0.5, 0.6) is 0 Å². The molecule has 1 saturated carbocycles. The molecule has 7 nitrogen and oxygen atoms in total. The first-order valence-corrected chi connectivity index (χ1v) is 12.2. The van der Waals surface area contributed by atoms with E-state index in [0.717, 1.165) is 41.3 Å². The quantitative estimate of drug-likeness (QED) is 0.541. The summed E-state index contributed by atoms with van der Waals surface area (Å²) in [5.41, 5.74) is 6.71. The number of fused-ring (bicyclic) bond motifs is 1. The Balaban J connectivity index is 1.35. The van der Waals surface area contributed by atoms with Crippen molar-refractivity contribution < 1.29 is 13.2 Å². The molecule has 1 aliphatic carbocycles. The van der Waals surface area contributed by atoms with E-state index < -0.39 is 10.0 Å². The van der Waals surface area contributed by atoms with Gasteiger partial charge in [-0.2, -0.15) is 0 Å². The van der Waals surface area contributed by atoms with Crippen LogP contribution in [-0.2, 0) is 16.6 Å². The van der Waals surface area contributed by atoms with Gasteiger partial charge in [0.2, 0.25) is 10.0 Å². The number of hydrogen-bond acceptors (Lipinski definition) is 6. The van der Waals surface area contributed by atoms with Gasteiger partial charge >= 0.3 is 0 Å². The first-order valence-electron chi connectivity index (χ1n) is 9.89. The van der Waals surface area contributed by atoms with E-state index in [0.29, 0.717) is 11.4 Å². The summed E-state index contributed by atoms with van der Waals surface area (Å²) in [6.45, 7) is 0.319. The zero-order chi connectivity index (χ0) is 21.1. The van der Waals surface area contributed by atoms with Crippen LogP contribution in [0.2, 0.25) is 0 Å². The third-order valence-electron chi connectivity index (χ3n) is 5.33. The number of rotatable bonds is 6. The average molecular weight is 445 g/mol. The molecular formula is C21H24N4O3S2. The molecule has 158 valence electrons. The number of amides is 1. The number of nitrogens with one attached hydrogen (secondary N) is 2. The molecule has 0 radical (unpaired) electrons. The summed E-state index contributed by atoms with van der Waals surface area (Å²) in [5.74, 6) is -0.162. The normalized spacial score (nSPS) is 19.6. The first-order chi connectivity index (χ1) is 14.4. The number of nitrogens with two attached hydrogens (primary N) is 1. The molecule has 1 aromatic carbocycles. The Morgan fingerprint density at radius 3 is 2.57 bits per heavy atom. The van der Waals surface area contributed by atoms with Gasteiger partial charge in [0.15, 0.2) is 0 Å². The van der Waals surface area contributed by atoms with E-state index in [-0.39, 0.29) is 22.9 Å². The van der Waals surface area contributed by atoms with Gasteiger partial charge < -0.3 is 11.1 Å². The number of nitrogens with zero attached hydrogens (tertiary/aromatic N) is 1. The van der Waals surface area contributed by atoms with Crippen LogP contribution in [0.1, 0.15) is 40.9 Å². The molecule has 0 atom stereocenters. The van der Waals surface area contributed by atoms with Crippen LogP contribution in [0.4, 0.5) is 0 Å². The van der Waals surface area contributed by atoms with Gasteiger partial charge in [-0.15, -0.1) is 11.3 Å². The zero-order valence-corrected chi connectivity index (χ0v) is 18.0. The Morgan fingerprint density at radius 1 is 1.13 bits per heavy atom. The van der Waals surface area contributed by atoms with Gasteiger partial charge in [0.25, 0.3) is 5.91 Å². The summed E-state index contributed by atoms with van der Waals surface area (Å²) in [7, 11) is -3.57. The second kappa shape index (κ2) is 8.81. The Hall–Kier alpha value is -2.33. The lowest BCUT2D eigenvalue weighted by molar-refractivity contribution is 0.0955. The largest absolute Gasteiger partial charge is 0.347 e. The van der Waals surface area contributed by atoms with Gasteiger partial charge in [0.05, 0.1) is 14.5 Å². The lowest BCUT2D eigenvalue weighted by Crippen LogP contribution is -2.40. The molecule has 4 rings (SSSR count). The second-order valence-corrected chi connectivity index (χ2v) is 10.4. The SMILES string of the molecule is NC1CCC(NS(=O)(=O)c2ccc(CNC(=O)c3cc4ccncc4s3)cc2)CC1. The summed E-state index contributed by atoms with van der Waals surface area (Å²) in [5, 5.41) is 3.87. The van der Waals surface area contributed by atoms with Crippen molar-refractivity contribution in [3.63, 3.8) is 0 Å². The molecule has 2 heterocycles. The van der Waals surface area contributed by atoms with Crippen LogP contribution in [0.3, 0.4) is 0 Å². The van der Waals surface area contributed by atoms with Gasteiger partial charge in [-0.3, -0.25) is 9.78 Å². The van der Waals surface area contributed by atoms with Crippen LogP contribution in [0, 0.1) is 0 Å². The first kappa shape index (κ1) is 20.9. The molecule has 0 aliphatic heterocycles. The van der Waals surface area contributed by atoms with Crippen LogP contribution in [-0.4, -0.2) is 31.4 Å². The molecule has 0 saturated heterocycles. The molecule has 4 N–H and O–H groups in total. The molecule has 0 unspecified atom stereocenters. The summed E-state index contributed by atoms with van der Waals surface area (Å²) >= 11 is 1.39. The fraction of sp³-hybridized carbons (Fsp3) is 0.333. The second-order valence-electron chi connectivity index (χ2n) is 7.58. The standard InChI is InChI=1S/C21H24N4O3S2/c22-16-3-5-17(6-4-16)25-30(27,28)18-7-1-14(2-8-18)12-24-21(26)19-11-15-9-10-23-13-20(15)29-19/h1-2,7-11,13,16-17,25H,3-6,12,22H2,(H,24,26). The van der Waals surface area contributed by atoms with E-state index in [1.54, 1.807) is 36.7 Å². The van der Waals surface area contributed by atoms with Gasteiger partial charge in [0, 0.05) is 31.0 Å². The highest BCUT2D eigenvalue weighted by atomic mass is 32.2. The van der Waals surface area contributed by atoms with Gasteiger partial charge in [-0.25, -0.2) is 13.1 Å². The molecule has 0 bridgehead atoms. The molecule has 0 spiro atoms. The molecule has 9 heteroatoms. The van der Waals surface area contributed by atoms with Crippen LogP contribution < -0.4 is 15.8 Å². The maximum atomic E-state index is 12.6. The highest BCUT2D eigenvalue weighted by molar-refractivity contribution is 7.89. The van der Waals surface area contributed by atoms with Crippen LogP contribution in [0.25, 0.3) is 10.1 Å². The predicted octanol–water partition coefficient (Wildman–Crippen LogP) is 2.77. The van der Waals surface area contributed by atoms with Crippen molar-refractivity contribution in [2.45, 2.75) is 49.2 Å². The molecule has 30 heavy (non-hydrogen) atoms. The number of aromatic nitrogens is 1. The minimum absolute atomic E-state index is 0.0646. The van der Waals surface area contributed by atoms with Crippen LogP contribution in [0.15, 0.2) is 53.7 Å². The van der Waals surface area contributed by atoms with Crippen molar-refractivity contribution in [2.75, 3.05) is 0 Å². The molecule has 1 amide bonds. The highest BCUT2D eigenvalue weighted by Gasteiger charge is 2.24. The van der Waals surface area contributed by atoms with Crippen molar-refractivity contribution in [3.8, 4) is 0 Å². The topological polar surface area (TPSA) is 114 Å². The number of hydrogen-bond donors (Lipinski definition) is 3. The Morgan fingerprint density at radius 2 is 1.87 bits per heavy atom. The summed E-state index contributed by atoms with van der Waals surface area (Å²) in [4.78, 5) is 17.3. The number of thiophene rings is 1. The van der Waals surface area contributed by atoms with E-state index in [9.17, 15) is 13.2 Å². The Kier molecular flexibility index (Phi) is 6.14. The molecule has 1 aliphatic rings. The zero-order valence-electron chi connectivity index (χ0n) is 16.4. The predicted molar refractivity (Wildman–Crippen MR) is 118 cm³/mol. The van der Waals surface area contributed by atoms with E-state index in [1.807, 2.05) is 12.1 Å². The Bertz CT molecular complexity index is 1100. The number of benzene rings is 1. The monoisotopic (exact) mass is 444 g/mol. The van der Waals surface area contributed by atoms with E-state index in [1.165, 1.54) is 11.3 Å². The molecule has 2 aromatic heterocycles. The smallest absolute Gasteiger partial charge is 0.261 e. The van der Waals surface area contributed by atoms with E-state index in [2.05, 4.69) is 15.0 Å². The average Bonchev–Trinajstić information content (AvgIpc) is 3.18.